The highest BCUT2D eigenvalue weighted by Gasteiger charge is 2.16. The number of hydrogen-bond acceptors (Lipinski definition) is 3. The van der Waals surface area contributed by atoms with Crippen LogP contribution in [-0.4, -0.2) is 14.5 Å². The predicted molar refractivity (Wildman–Crippen MR) is 70.2 cm³/mol. The fourth-order valence-corrected chi connectivity index (χ4v) is 2.83. The molecule has 1 aromatic rings. The largest absolute Gasteiger partial charge is 0.399 e. The number of anilines is 1. The number of sulfonamides is 1. The molecule has 0 aliphatic heterocycles. The molecule has 0 saturated heterocycles. The van der Waals surface area contributed by atoms with E-state index in [0.29, 0.717) is 5.69 Å². The smallest absolute Gasteiger partial charge is 0.240 e. The maximum atomic E-state index is 12.0. The highest BCUT2D eigenvalue weighted by Crippen LogP contribution is 2.12. The Balaban J connectivity index is 2.71. The number of nitrogens with two attached hydrogens (primary N) is 1. The molecule has 0 aliphatic rings. The Morgan fingerprint density at radius 3 is 2.41 bits per heavy atom. The molecule has 0 aliphatic carbocycles. The van der Waals surface area contributed by atoms with Gasteiger partial charge in [-0.15, -0.1) is 0 Å². The molecule has 0 heterocycles. The Kier molecular flexibility index (Phi) is 4.96. The van der Waals surface area contributed by atoms with Crippen molar-refractivity contribution in [3.63, 3.8) is 0 Å². The molecule has 0 radical (unpaired) electrons. The minimum atomic E-state index is -3.41. The molecule has 3 N–H and O–H groups in total. The summed E-state index contributed by atoms with van der Waals surface area (Å²) in [4.78, 5) is 0.259. The van der Waals surface area contributed by atoms with E-state index in [2.05, 4.69) is 11.6 Å². The van der Waals surface area contributed by atoms with Gasteiger partial charge in [0.2, 0.25) is 10.0 Å². The Morgan fingerprint density at radius 2 is 1.88 bits per heavy atom. The number of nitrogens with one attached hydrogen (secondary N) is 1. The Morgan fingerprint density at radius 1 is 1.29 bits per heavy atom. The molecule has 0 saturated carbocycles. The van der Waals surface area contributed by atoms with Gasteiger partial charge in [0.1, 0.15) is 0 Å². The summed E-state index contributed by atoms with van der Waals surface area (Å²) in [5.74, 6) is 0. The summed E-state index contributed by atoms with van der Waals surface area (Å²) in [5, 5.41) is 0. The molecule has 17 heavy (non-hydrogen) atoms. The van der Waals surface area contributed by atoms with Gasteiger partial charge >= 0.3 is 0 Å². The molecule has 5 heteroatoms. The van der Waals surface area contributed by atoms with Crippen molar-refractivity contribution in [2.24, 2.45) is 0 Å². The van der Waals surface area contributed by atoms with E-state index in [1.54, 1.807) is 12.1 Å². The van der Waals surface area contributed by atoms with Crippen LogP contribution in [0, 0.1) is 0 Å². The fourth-order valence-electron chi connectivity index (χ4n) is 1.55. The van der Waals surface area contributed by atoms with Crippen molar-refractivity contribution in [3.8, 4) is 0 Å². The van der Waals surface area contributed by atoms with Crippen LogP contribution in [-0.2, 0) is 10.0 Å². The zero-order chi connectivity index (χ0) is 12.9. The third-order valence-corrected chi connectivity index (χ3v) is 4.14. The summed E-state index contributed by atoms with van der Waals surface area (Å²) < 4.78 is 26.6. The molecular formula is C12H20N2O2S. The quantitative estimate of drug-likeness (QED) is 0.766. The van der Waals surface area contributed by atoms with E-state index in [9.17, 15) is 8.42 Å². The summed E-state index contributed by atoms with van der Waals surface area (Å²) >= 11 is 0. The first-order valence-electron chi connectivity index (χ1n) is 5.83. The molecule has 1 rings (SSSR count). The van der Waals surface area contributed by atoms with Crippen molar-refractivity contribution >= 4 is 15.7 Å². The number of benzene rings is 1. The van der Waals surface area contributed by atoms with Crippen LogP contribution in [0.4, 0.5) is 5.69 Å². The van der Waals surface area contributed by atoms with Gasteiger partial charge in [0.05, 0.1) is 4.90 Å². The van der Waals surface area contributed by atoms with E-state index in [0.717, 1.165) is 19.3 Å². The van der Waals surface area contributed by atoms with Gasteiger partial charge in [-0.1, -0.05) is 19.8 Å². The minimum Gasteiger partial charge on any atom is -0.399 e. The van der Waals surface area contributed by atoms with Crippen LogP contribution < -0.4 is 10.5 Å². The number of hydrogen-bond donors (Lipinski definition) is 2. The molecule has 1 aromatic carbocycles. The molecule has 1 atom stereocenters. The van der Waals surface area contributed by atoms with Crippen molar-refractivity contribution in [2.45, 2.75) is 44.0 Å². The summed E-state index contributed by atoms with van der Waals surface area (Å²) in [6.07, 6.45) is 2.93. The number of unbranched alkanes of at least 4 members (excludes halogenated alkanes) is 1. The molecule has 0 amide bonds. The van der Waals surface area contributed by atoms with Crippen LogP contribution in [0.15, 0.2) is 29.2 Å². The molecular weight excluding hydrogens is 236 g/mol. The molecule has 0 fully saturated rings. The zero-order valence-electron chi connectivity index (χ0n) is 10.3. The van der Waals surface area contributed by atoms with Gasteiger partial charge in [0, 0.05) is 11.7 Å². The van der Waals surface area contributed by atoms with Crippen molar-refractivity contribution in [2.75, 3.05) is 5.73 Å². The van der Waals surface area contributed by atoms with Crippen molar-refractivity contribution in [3.05, 3.63) is 24.3 Å². The first-order chi connectivity index (χ1) is 7.95. The SMILES string of the molecule is CCCCC(C)NS(=O)(=O)c1ccc(N)cc1. The van der Waals surface area contributed by atoms with Crippen molar-refractivity contribution in [1.29, 1.82) is 0 Å². The highest BCUT2D eigenvalue weighted by molar-refractivity contribution is 7.89. The Labute approximate surface area is 103 Å². The molecule has 0 bridgehead atoms. The van der Waals surface area contributed by atoms with E-state index in [1.165, 1.54) is 12.1 Å². The molecule has 96 valence electrons. The second-order valence-electron chi connectivity index (χ2n) is 4.23. The van der Waals surface area contributed by atoms with Crippen molar-refractivity contribution in [1.82, 2.24) is 4.72 Å². The van der Waals surface area contributed by atoms with Crippen LogP contribution in [0.3, 0.4) is 0 Å². The lowest BCUT2D eigenvalue weighted by Crippen LogP contribution is -2.32. The predicted octanol–water partition coefficient (Wildman–Crippen LogP) is 2.13. The van der Waals surface area contributed by atoms with Crippen LogP contribution in [0.25, 0.3) is 0 Å². The van der Waals surface area contributed by atoms with Crippen LogP contribution >= 0.6 is 0 Å². The van der Waals surface area contributed by atoms with Gasteiger partial charge in [-0.3, -0.25) is 0 Å². The maximum Gasteiger partial charge on any atom is 0.240 e. The summed E-state index contributed by atoms with van der Waals surface area (Å²) in [5.41, 5.74) is 6.08. The van der Waals surface area contributed by atoms with Crippen LogP contribution in [0.1, 0.15) is 33.1 Å². The van der Waals surface area contributed by atoms with Crippen LogP contribution in [0.5, 0.6) is 0 Å². The summed E-state index contributed by atoms with van der Waals surface area (Å²) in [7, 11) is -3.41. The molecule has 1 unspecified atom stereocenters. The second kappa shape index (κ2) is 6.02. The summed E-state index contributed by atoms with van der Waals surface area (Å²) in [6.45, 7) is 3.96. The topological polar surface area (TPSA) is 72.2 Å². The lowest BCUT2D eigenvalue weighted by Gasteiger charge is -2.13. The molecule has 0 spiro atoms. The van der Waals surface area contributed by atoms with Gasteiger partial charge in [0.15, 0.2) is 0 Å². The monoisotopic (exact) mass is 256 g/mol. The van der Waals surface area contributed by atoms with Gasteiger partial charge in [-0.05, 0) is 37.6 Å². The van der Waals surface area contributed by atoms with Gasteiger partial charge in [0.25, 0.3) is 0 Å². The Hall–Kier alpha value is -1.07. The highest BCUT2D eigenvalue weighted by atomic mass is 32.2. The number of nitrogen functional groups attached to an aromatic ring is 1. The van der Waals surface area contributed by atoms with E-state index in [-0.39, 0.29) is 10.9 Å². The molecule has 4 nitrogen and oxygen atoms in total. The third kappa shape index (κ3) is 4.36. The van der Waals surface area contributed by atoms with Gasteiger partial charge in [-0.25, -0.2) is 13.1 Å². The van der Waals surface area contributed by atoms with E-state index < -0.39 is 10.0 Å². The van der Waals surface area contributed by atoms with E-state index in [1.807, 2.05) is 6.92 Å². The van der Waals surface area contributed by atoms with Crippen LogP contribution in [0.2, 0.25) is 0 Å². The minimum absolute atomic E-state index is 0.0440. The number of rotatable bonds is 6. The van der Waals surface area contributed by atoms with Gasteiger partial charge in [-0.2, -0.15) is 0 Å². The normalized spacial score (nSPS) is 13.5. The lowest BCUT2D eigenvalue weighted by atomic mass is 10.2. The zero-order valence-corrected chi connectivity index (χ0v) is 11.1. The van der Waals surface area contributed by atoms with Gasteiger partial charge < -0.3 is 5.73 Å². The Bertz CT molecular complexity index is 440. The average molecular weight is 256 g/mol. The third-order valence-electron chi connectivity index (χ3n) is 2.54. The lowest BCUT2D eigenvalue weighted by molar-refractivity contribution is 0.534. The van der Waals surface area contributed by atoms with E-state index >= 15 is 0 Å². The summed E-state index contributed by atoms with van der Waals surface area (Å²) in [6, 6.07) is 6.17. The standard InChI is InChI=1S/C12H20N2O2S/c1-3-4-5-10(2)14-17(15,16)12-8-6-11(13)7-9-12/h6-10,14H,3-5,13H2,1-2H3. The average Bonchev–Trinajstić information content (AvgIpc) is 2.26. The van der Waals surface area contributed by atoms with E-state index in [4.69, 9.17) is 5.73 Å². The van der Waals surface area contributed by atoms with Crippen molar-refractivity contribution < 1.29 is 8.42 Å². The fraction of sp³-hybridized carbons (Fsp3) is 0.500. The first kappa shape index (κ1) is 14.0. The molecule has 0 aromatic heterocycles. The first-order valence-corrected chi connectivity index (χ1v) is 7.32. The second-order valence-corrected chi connectivity index (χ2v) is 5.95. The maximum absolute atomic E-state index is 12.0.